The Bertz CT molecular complexity index is 452. The smallest absolute Gasteiger partial charge is 0.235 e. The van der Waals surface area contributed by atoms with Crippen LogP contribution in [0.1, 0.15) is 10.4 Å². The van der Waals surface area contributed by atoms with Gasteiger partial charge < -0.3 is 0 Å². The minimum atomic E-state index is -1.42. The van der Waals surface area contributed by atoms with Gasteiger partial charge in [0.2, 0.25) is 11.6 Å². The summed E-state index contributed by atoms with van der Waals surface area (Å²) in [5.41, 5.74) is -0.807. The Morgan fingerprint density at radius 2 is 1.60 bits per heavy atom. The maximum absolute atomic E-state index is 13.0. The lowest BCUT2D eigenvalue weighted by molar-refractivity contribution is -0.110. The summed E-state index contributed by atoms with van der Waals surface area (Å²) in [6, 6.07) is 0.549. The van der Waals surface area contributed by atoms with Gasteiger partial charge in [0.25, 0.3) is 0 Å². The van der Waals surface area contributed by atoms with Gasteiger partial charge in [-0.2, -0.15) is 0 Å². The van der Waals surface area contributed by atoms with Crippen LogP contribution in [0.4, 0.5) is 13.2 Å². The third kappa shape index (κ3) is 2.12. The summed E-state index contributed by atoms with van der Waals surface area (Å²) in [6.45, 7) is 3.02. The highest BCUT2D eigenvalue weighted by Crippen LogP contribution is 2.14. The molecule has 0 N–H and O–H groups in total. The van der Waals surface area contributed by atoms with Crippen molar-refractivity contribution in [1.82, 2.24) is 0 Å². The number of allylic oxidation sites excluding steroid dienone is 1. The molecular weight excluding hydrogens is 209 g/mol. The van der Waals surface area contributed by atoms with Crippen LogP contribution in [0.5, 0.6) is 0 Å². The molecule has 0 spiro atoms. The van der Waals surface area contributed by atoms with E-state index in [1.165, 1.54) is 0 Å². The first-order valence-corrected chi connectivity index (χ1v) is 3.83. The normalized spacial score (nSPS) is 9.80. The Balaban J connectivity index is 3.26. The van der Waals surface area contributed by atoms with E-state index in [2.05, 4.69) is 6.58 Å². The van der Waals surface area contributed by atoms with E-state index in [1.807, 2.05) is 0 Å². The van der Waals surface area contributed by atoms with Crippen LogP contribution in [0.2, 0.25) is 0 Å². The van der Waals surface area contributed by atoms with Crippen LogP contribution in [0.25, 0.3) is 0 Å². The quantitative estimate of drug-likeness (QED) is 0.334. The number of benzene rings is 1. The summed E-state index contributed by atoms with van der Waals surface area (Å²) < 4.78 is 38.1. The molecule has 5 heteroatoms. The fraction of sp³-hybridized carbons (Fsp3) is 0. The topological polar surface area (TPSA) is 34.1 Å². The van der Waals surface area contributed by atoms with Crippen molar-refractivity contribution >= 4 is 11.6 Å². The molecule has 1 aromatic carbocycles. The predicted molar refractivity (Wildman–Crippen MR) is 45.9 cm³/mol. The van der Waals surface area contributed by atoms with Crippen LogP contribution in [-0.4, -0.2) is 11.6 Å². The molecule has 15 heavy (non-hydrogen) atoms. The van der Waals surface area contributed by atoms with Crippen molar-refractivity contribution in [3.05, 3.63) is 47.8 Å². The van der Waals surface area contributed by atoms with Crippen LogP contribution in [0.3, 0.4) is 0 Å². The van der Waals surface area contributed by atoms with Gasteiger partial charge in [0.1, 0.15) is 5.82 Å². The molecule has 0 aliphatic carbocycles. The highest BCUT2D eigenvalue weighted by molar-refractivity contribution is 6.47. The van der Waals surface area contributed by atoms with Gasteiger partial charge in [0.05, 0.1) is 5.56 Å². The Hall–Kier alpha value is -1.91. The lowest BCUT2D eigenvalue weighted by Gasteiger charge is -2.00. The second kappa shape index (κ2) is 4.08. The number of halogens is 3. The molecular formula is C10H5F3O2. The zero-order valence-electron chi connectivity index (χ0n) is 7.39. The van der Waals surface area contributed by atoms with Gasteiger partial charge in [0, 0.05) is 6.07 Å². The molecule has 0 saturated heterocycles. The summed E-state index contributed by atoms with van der Waals surface area (Å²) in [5.74, 6) is -6.44. The number of hydrogen-bond donors (Lipinski definition) is 0. The van der Waals surface area contributed by atoms with Crippen LogP contribution in [0.15, 0.2) is 24.8 Å². The summed E-state index contributed by atoms with van der Waals surface area (Å²) in [7, 11) is 0. The molecule has 2 nitrogen and oxygen atoms in total. The fourth-order valence-corrected chi connectivity index (χ4v) is 0.922. The molecule has 78 valence electrons. The van der Waals surface area contributed by atoms with E-state index >= 15 is 0 Å². The van der Waals surface area contributed by atoms with Crippen molar-refractivity contribution in [3.63, 3.8) is 0 Å². The van der Waals surface area contributed by atoms with Crippen LogP contribution in [0, 0.1) is 17.5 Å². The van der Waals surface area contributed by atoms with Crippen molar-refractivity contribution in [2.75, 3.05) is 0 Å². The first kappa shape index (κ1) is 11.2. The van der Waals surface area contributed by atoms with Gasteiger partial charge >= 0.3 is 0 Å². The van der Waals surface area contributed by atoms with E-state index in [-0.39, 0.29) is 6.07 Å². The van der Waals surface area contributed by atoms with Crippen molar-refractivity contribution < 1.29 is 22.8 Å². The summed E-state index contributed by atoms with van der Waals surface area (Å²) in [5, 5.41) is 0. The first-order chi connectivity index (χ1) is 6.97. The lowest BCUT2D eigenvalue weighted by atomic mass is 10.1. The standard InChI is InChI=1S/C10H5F3O2/c1-2-9(14)10(15)5-3-7(12)8(13)4-6(5)11/h2-4H,1H2. The molecule has 1 aromatic rings. The van der Waals surface area contributed by atoms with E-state index in [9.17, 15) is 22.8 Å². The third-order valence-corrected chi connectivity index (χ3v) is 1.66. The number of Topliss-reactive ketones (excluding diaryl/α,β-unsaturated/α-hetero) is 1. The molecule has 0 aliphatic heterocycles. The summed E-state index contributed by atoms with van der Waals surface area (Å²) >= 11 is 0. The van der Waals surface area contributed by atoms with Crippen LogP contribution < -0.4 is 0 Å². The molecule has 0 radical (unpaired) electrons. The molecule has 0 unspecified atom stereocenters. The molecule has 0 saturated carbocycles. The lowest BCUT2D eigenvalue weighted by Crippen LogP contribution is -2.13. The Kier molecular flexibility index (Phi) is 3.04. The minimum Gasteiger partial charge on any atom is -0.286 e. The summed E-state index contributed by atoms with van der Waals surface area (Å²) in [4.78, 5) is 21.9. The molecule has 0 fully saturated rings. The Morgan fingerprint density at radius 3 is 2.13 bits per heavy atom. The van der Waals surface area contributed by atoms with Crippen molar-refractivity contribution in [3.8, 4) is 0 Å². The van der Waals surface area contributed by atoms with E-state index in [1.54, 1.807) is 0 Å². The van der Waals surface area contributed by atoms with Crippen LogP contribution in [-0.2, 0) is 4.79 Å². The Morgan fingerprint density at radius 1 is 1.07 bits per heavy atom. The van der Waals surface area contributed by atoms with Gasteiger partial charge in [-0.05, 0) is 12.1 Å². The molecule has 0 amide bonds. The average molecular weight is 214 g/mol. The molecule has 0 atom stereocenters. The average Bonchev–Trinajstić information content (AvgIpc) is 2.21. The number of carbonyl (C=O) groups is 2. The van der Waals surface area contributed by atoms with Crippen LogP contribution >= 0.6 is 0 Å². The van der Waals surface area contributed by atoms with Gasteiger partial charge in [-0.1, -0.05) is 6.58 Å². The molecule has 0 bridgehead atoms. The zero-order chi connectivity index (χ0) is 11.6. The van der Waals surface area contributed by atoms with Gasteiger partial charge in [-0.25, -0.2) is 13.2 Å². The Labute approximate surface area is 83.0 Å². The van der Waals surface area contributed by atoms with Crippen molar-refractivity contribution in [2.45, 2.75) is 0 Å². The molecule has 1 rings (SSSR count). The van der Waals surface area contributed by atoms with Gasteiger partial charge in [-0.3, -0.25) is 9.59 Å². The maximum atomic E-state index is 13.0. The number of carbonyl (C=O) groups excluding carboxylic acids is 2. The van der Waals surface area contributed by atoms with Gasteiger partial charge in [-0.15, -0.1) is 0 Å². The molecule has 0 aliphatic rings. The number of ketones is 2. The van der Waals surface area contributed by atoms with E-state index in [0.717, 1.165) is 0 Å². The highest BCUT2D eigenvalue weighted by atomic mass is 19.2. The third-order valence-electron chi connectivity index (χ3n) is 1.66. The van der Waals surface area contributed by atoms with E-state index < -0.39 is 34.6 Å². The van der Waals surface area contributed by atoms with E-state index in [0.29, 0.717) is 12.1 Å². The number of rotatable bonds is 3. The second-order valence-corrected chi connectivity index (χ2v) is 2.64. The highest BCUT2D eigenvalue weighted by Gasteiger charge is 2.20. The van der Waals surface area contributed by atoms with Crippen molar-refractivity contribution in [2.24, 2.45) is 0 Å². The molecule has 0 aromatic heterocycles. The molecule has 0 heterocycles. The van der Waals surface area contributed by atoms with Gasteiger partial charge in [0.15, 0.2) is 11.6 Å². The van der Waals surface area contributed by atoms with E-state index in [4.69, 9.17) is 0 Å². The SMILES string of the molecule is C=CC(=O)C(=O)c1cc(F)c(F)cc1F. The largest absolute Gasteiger partial charge is 0.286 e. The van der Waals surface area contributed by atoms with Crippen molar-refractivity contribution in [1.29, 1.82) is 0 Å². The second-order valence-electron chi connectivity index (χ2n) is 2.64. The predicted octanol–water partition coefficient (Wildman–Crippen LogP) is 2.04. The first-order valence-electron chi connectivity index (χ1n) is 3.83. The monoisotopic (exact) mass is 214 g/mol. The fourth-order valence-electron chi connectivity index (χ4n) is 0.922. The minimum absolute atomic E-state index is 0.207. The summed E-state index contributed by atoms with van der Waals surface area (Å²) in [6.07, 6.45) is 0.670. The number of hydrogen-bond acceptors (Lipinski definition) is 2. The maximum Gasteiger partial charge on any atom is 0.235 e. The zero-order valence-corrected chi connectivity index (χ0v) is 7.39.